The number of piperidine rings is 1. The molecule has 2 aliphatic rings. The van der Waals surface area contributed by atoms with Crippen LogP contribution in [-0.2, 0) is 27.0 Å². The van der Waals surface area contributed by atoms with Gasteiger partial charge in [0.25, 0.3) is 0 Å². The fraction of sp³-hybridized carbons (Fsp3) is 0.394. The molecule has 1 heterocycles. The van der Waals surface area contributed by atoms with E-state index >= 15 is 0 Å². The Hall–Kier alpha value is -2.99. The molecule has 2 atom stereocenters. The Balaban J connectivity index is 1.25. The van der Waals surface area contributed by atoms with E-state index in [1.165, 1.54) is 11.1 Å². The van der Waals surface area contributed by atoms with Gasteiger partial charge in [0.15, 0.2) is 0 Å². The molecule has 1 saturated carbocycles. The average molecular weight is 544 g/mol. The summed E-state index contributed by atoms with van der Waals surface area (Å²) < 4.78 is 0. The highest BCUT2D eigenvalue weighted by atomic mass is 35.5. The number of nitrogens with one attached hydrogen (secondary N) is 2. The average Bonchev–Trinajstić information content (AvgIpc) is 3.69. The summed E-state index contributed by atoms with van der Waals surface area (Å²) in [7, 11) is 0. The lowest BCUT2D eigenvalue weighted by Crippen LogP contribution is -2.52. The van der Waals surface area contributed by atoms with Gasteiger partial charge in [-0.1, -0.05) is 84.4 Å². The number of halogens is 1. The van der Waals surface area contributed by atoms with Crippen LogP contribution >= 0.6 is 11.6 Å². The molecule has 3 aromatic carbocycles. The first kappa shape index (κ1) is 27.6. The van der Waals surface area contributed by atoms with Crippen molar-refractivity contribution in [1.29, 1.82) is 0 Å². The molecule has 204 valence electrons. The number of carbonyl (C=O) groups excluding carboxylic acids is 2. The van der Waals surface area contributed by atoms with E-state index in [1.807, 2.05) is 48.5 Å². The standard InChI is InChI=1S/C33H38ClN3O2/c1-25(38)23-36-32(27-10-6-3-7-11-27)17-20-37(21-18-32)24-29-22-33(29,28-12-14-30(34)15-13-28)31(39)35-19-16-26-8-4-2-5-9-26/h2-15,29,36H,16-24H2,1H3,(H,35,39). The van der Waals surface area contributed by atoms with E-state index in [9.17, 15) is 9.59 Å². The molecule has 0 aromatic heterocycles. The lowest BCUT2D eigenvalue weighted by molar-refractivity contribution is -0.124. The maximum absolute atomic E-state index is 13.7. The molecule has 1 aliphatic heterocycles. The number of nitrogens with zero attached hydrogens (tertiary/aromatic N) is 1. The first-order valence-corrected chi connectivity index (χ1v) is 14.4. The predicted octanol–water partition coefficient (Wildman–Crippen LogP) is 5.13. The minimum atomic E-state index is -0.512. The molecule has 1 saturated heterocycles. The summed E-state index contributed by atoms with van der Waals surface area (Å²) >= 11 is 6.19. The number of hydrogen-bond acceptors (Lipinski definition) is 4. The second-order valence-corrected chi connectivity index (χ2v) is 11.6. The van der Waals surface area contributed by atoms with Crippen molar-refractivity contribution in [3.8, 4) is 0 Å². The molecular weight excluding hydrogens is 506 g/mol. The molecule has 6 heteroatoms. The monoisotopic (exact) mass is 543 g/mol. The third-order valence-corrected chi connectivity index (χ3v) is 8.85. The lowest BCUT2D eigenvalue weighted by Gasteiger charge is -2.43. The normalized spacial score (nSPS) is 22.3. The lowest BCUT2D eigenvalue weighted by atomic mass is 9.80. The molecule has 1 aliphatic carbocycles. The van der Waals surface area contributed by atoms with Crippen LogP contribution in [-0.4, -0.2) is 49.3 Å². The Kier molecular flexibility index (Phi) is 8.51. The zero-order valence-electron chi connectivity index (χ0n) is 22.7. The predicted molar refractivity (Wildman–Crippen MR) is 157 cm³/mol. The van der Waals surface area contributed by atoms with Gasteiger partial charge in [-0.15, -0.1) is 0 Å². The second-order valence-electron chi connectivity index (χ2n) is 11.2. The van der Waals surface area contributed by atoms with E-state index in [0.29, 0.717) is 18.1 Å². The molecule has 3 aromatic rings. The summed E-state index contributed by atoms with van der Waals surface area (Å²) in [6.45, 7) is 5.35. The van der Waals surface area contributed by atoms with Crippen molar-refractivity contribution in [1.82, 2.24) is 15.5 Å². The van der Waals surface area contributed by atoms with Gasteiger partial charge in [0.2, 0.25) is 5.91 Å². The summed E-state index contributed by atoms with van der Waals surface area (Å²) in [5.41, 5.74) is 2.80. The van der Waals surface area contributed by atoms with Gasteiger partial charge < -0.3 is 15.5 Å². The highest BCUT2D eigenvalue weighted by molar-refractivity contribution is 6.30. The molecule has 39 heavy (non-hydrogen) atoms. The van der Waals surface area contributed by atoms with Crippen molar-refractivity contribution in [3.05, 3.63) is 107 Å². The molecule has 2 unspecified atom stereocenters. The van der Waals surface area contributed by atoms with Gasteiger partial charge in [-0.2, -0.15) is 0 Å². The van der Waals surface area contributed by atoms with Crippen molar-refractivity contribution in [2.45, 2.75) is 43.6 Å². The van der Waals surface area contributed by atoms with Crippen LogP contribution in [0.15, 0.2) is 84.9 Å². The van der Waals surface area contributed by atoms with Crippen LogP contribution in [0.1, 0.15) is 42.9 Å². The fourth-order valence-corrected chi connectivity index (χ4v) is 6.36. The van der Waals surface area contributed by atoms with Crippen LogP contribution in [0.5, 0.6) is 0 Å². The van der Waals surface area contributed by atoms with Gasteiger partial charge in [-0.25, -0.2) is 0 Å². The molecule has 1 amide bonds. The Labute approximate surface area is 236 Å². The van der Waals surface area contributed by atoms with Crippen LogP contribution in [0.3, 0.4) is 0 Å². The minimum absolute atomic E-state index is 0.115. The van der Waals surface area contributed by atoms with Gasteiger partial charge in [0.1, 0.15) is 5.78 Å². The number of rotatable bonds is 11. The fourth-order valence-electron chi connectivity index (χ4n) is 6.23. The van der Waals surface area contributed by atoms with E-state index in [0.717, 1.165) is 50.9 Å². The van der Waals surface area contributed by atoms with Crippen LogP contribution < -0.4 is 10.6 Å². The molecule has 0 bridgehead atoms. The number of hydrogen-bond donors (Lipinski definition) is 2. The van der Waals surface area contributed by atoms with E-state index in [1.54, 1.807) is 6.92 Å². The van der Waals surface area contributed by atoms with Crippen molar-refractivity contribution in [2.24, 2.45) is 5.92 Å². The van der Waals surface area contributed by atoms with Crippen LogP contribution in [0, 0.1) is 5.92 Å². The summed E-state index contributed by atoms with van der Waals surface area (Å²) in [6.07, 6.45) is 3.51. The third-order valence-electron chi connectivity index (χ3n) is 8.60. The Morgan fingerprint density at radius 2 is 1.54 bits per heavy atom. The Bertz CT molecular complexity index is 1260. The van der Waals surface area contributed by atoms with Crippen molar-refractivity contribution >= 4 is 23.3 Å². The molecule has 0 spiro atoms. The maximum Gasteiger partial charge on any atom is 0.231 e. The Morgan fingerprint density at radius 3 is 2.18 bits per heavy atom. The van der Waals surface area contributed by atoms with E-state index in [2.05, 4.69) is 51.9 Å². The number of benzene rings is 3. The quantitative estimate of drug-likeness (QED) is 0.352. The van der Waals surface area contributed by atoms with Crippen LogP contribution in [0.25, 0.3) is 0 Å². The molecule has 2 N–H and O–H groups in total. The minimum Gasteiger partial charge on any atom is -0.355 e. The van der Waals surface area contributed by atoms with E-state index in [4.69, 9.17) is 11.6 Å². The number of amides is 1. The maximum atomic E-state index is 13.7. The Morgan fingerprint density at radius 1 is 0.897 bits per heavy atom. The summed E-state index contributed by atoms with van der Waals surface area (Å²) in [6, 6.07) is 28.6. The van der Waals surface area contributed by atoms with E-state index < -0.39 is 5.41 Å². The third kappa shape index (κ3) is 6.27. The summed E-state index contributed by atoms with van der Waals surface area (Å²) in [4.78, 5) is 28.0. The van der Waals surface area contributed by atoms with E-state index in [-0.39, 0.29) is 23.1 Å². The van der Waals surface area contributed by atoms with Gasteiger partial charge >= 0.3 is 0 Å². The van der Waals surface area contributed by atoms with Crippen LogP contribution in [0.2, 0.25) is 5.02 Å². The topological polar surface area (TPSA) is 61.4 Å². The van der Waals surface area contributed by atoms with Crippen molar-refractivity contribution in [2.75, 3.05) is 32.7 Å². The number of likely N-dealkylation sites (tertiary alicyclic amines) is 1. The molecular formula is C33H38ClN3O2. The number of Topliss-reactive ketones (excluding diaryl/α,β-unsaturated/α-hetero) is 1. The zero-order chi connectivity index (χ0) is 27.3. The summed E-state index contributed by atoms with van der Waals surface area (Å²) in [5, 5.41) is 7.52. The SMILES string of the molecule is CC(=O)CNC1(c2ccccc2)CCN(CC2CC2(C(=O)NCCc2ccccc2)c2ccc(Cl)cc2)CC1. The smallest absolute Gasteiger partial charge is 0.231 e. The number of carbonyl (C=O) groups is 2. The highest BCUT2D eigenvalue weighted by Gasteiger charge is 2.61. The largest absolute Gasteiger partial charge is 0.355 e. The van der Waals surface area contributed by atoms with Gasteiger partial charge in [-0.05, 0) is 67.3 Å². The molecule has 5 rings (SSSR count). The molecule has 5 nitrogen and oxygen atoms in total. The molecule has 2 fully saturated rings. The second kappa shape index (κ2) is 12.0. The first-order chi connectivity index (χ1) is 18.9. The first-order valence-electron chi connectivity index (χ1n) is 14.0. The van der Waals surface area contributed by atoms with Crippen LogP contribution in [0.4, 0.5) is 0 Å². The van der Waals surface area contributed by atoms with Gasteiger partial charge in [0.05, 0.1) is 12.0 Å². The van der Waals surface area contributed by atoms with Gasteiger partial charge in [-0.3, -0.25) is 9.59 Å². The van der Waals surface area contributed by atoms with Crippen molar-refractivity contribution in [3.63, 3.8) is 0 Å². The summed E-state index contributed by atoms with van der Waals surface area (Å²) in [5.74, 6) is 0.520. The zero-order valence-corrected chi connectivity index (χ0v) is 23.4. The highest BCUT2D eigenvalue weighted by Crippen LogP contribution is 2.55. The number of ketones is 1. The molecule has 0 radical (unpaired) electrons. The van der Waals surface area contributed by atoms with Crippen molar-refractivity contribution < 1.29 is 9.59 Å². The van der Waals surface area contributed by atoms with Gasteiger partial charge in [0, 0.05) is 36.7 Å².